The van der Waals surface area contributed by atoms with Gasteiger partial charge in [-0.1, -0.05) is 19.1 Å². The van der Waals surface area contributed by atoms with Crippen LogP contribution in [0.5, 0.6) is 5.88 Å². The van der Waals surface area contributed by atoms with Crippen molar-refractivity contribution in [1.29, 1.82) is 0 Å². The van der Waals surface area contributed by atoms with Gasteiger partial charge in [-0.15, -0.1) is 23.1 Å². The Morgan fingerprint density at radius 2 is 2.00 bits per heavy atom. The number of piperidine rings is 1. The lowest BCUT2D eigenvalue weighted by molar-refractivity contribution is 0.133. The summed E-state index contributed by atoms with van der Waals surface area (Å²) >= 11 is 3.37. The monoisotopic (exact) mass is 461 g/mol. The fourth-order valence-electron chi connectivity index (χ4n) is 3.57. The number of hydrogen-bond donors (Lipinski definition) is 0. The smallest absolute Gasteiger partial charge is 0.235 e. The summed E-state index contributed by atoms with van der Waals surface area (Å²) in [5.41, 5.74) is 3.22. The number of thioether (sulfide) groups is 1. The molecule has 3 heterocycles. The van der Waals surface area contributed by atoms with Gasteiger partial charge >= 0.3 is 0 Å². The van der Waals surface area contributed by atoms with Crippen molar-refractivity contribution in [2.24, 2.45) is 0 Å². The number of hydrogen-bond acceptors (Lipinski definition) is 6. The zero-order valence-corrected chi connectivity index (χ0v) is 20.0. The molecule has 4 rings (SSSR count). The normalized spacial score (nSPS) is 17.8. The summed E-state index contributed by atoms with van der Waals surface area (Å²) in [5, 5.41) is 2.34. The first-order chi connectivity index (χ1) is 14.6. The van der Waals surface area contributed by atoms with Gasteiger partial charge in [0.05, 0.1) is 16.5 Å². The van der Waals surface area contributed by atoms with E-state index in [1.807, 2.05) is 0 Å². The topological polar surface area (TPSA) is 55.3 Å². The molecule has 0 bridgehead atoms. The average molecular weight is 462 g/mol. The summed E-state index contributed by atoms with van der Waals surface area (Å²) in [6.45, 7) is 5.74. The van der Waals surface area contributed by atoms with Crippen molar-refractivity contribution in [3.63, 3.8) is 0 Å². The van der Waals surface area contributed by atoms with Gasteiger partial charge in [-0.3, -0.25) is 0 Å². The number of aromatic nitrogens is 2. The van der Waals surface area contributed by atoms with Crippen LogP contribution in [0.15, 0.2) is 40.9 Å². The molecular formula is C22H27N3O2S3. The molecule has 0 N–H and O–H groups in total. The third-order valence-electron chi connectivity index (χ3n) is 5.57. The molecule has 1 aromatic carbocycles. The van der Waals surface area contributed by atoms with Gasteiger partial charge in [0, 0.05) is 34.2 Å². The highest BCUT2D eigenvalue weighted by atomic mass is 32.2. The number of rotatable bonds is 7. The van der Waals surface area contributed by atoms with E-state index >= 15 is 0 Å². The fourth-order valence-corrected chi connectivity index (χ4v) is 6.31. The van der Waals surface area contributed by atoms with Gasteiger partial charge in [0.25, 0.3) is 0 Å². The average Bonchev–Trinajstić information content (AvgIpc) is 3.24. The second kappa shape index (κ2) is 9.77. The maximum Gasteiger partial charge on any atom is 0.235 e. The van der Waals surface area contributed by atoms with Crippen molar-refractivity contribution >= 4 is 44.3 Å². The lowest BCUT2D eigenvalue weighted by atomic mass is 10.1. The quantitative estimate of drug-likeness (QED) is 0.442. The van der Waals surface area contributed by atoms with Gasteiger partial charge in [0.2, 0.25) is 5.88 Å². The van der Waals surface area contributed by atoms with Crippen LogP contribution in [0.3, 0.4) is 0 Å². The number of ether oxygens (including phenoxy) is 1. The molecule has 0 radical (unpaired) electrons. The molecule has 8 heteroatoms. The van der Waals surface area contributed by atoms with Crippen LogP contribution < -0.4 is 4.74 Å². The minimum absolute atomic E-state index is 0.0969. The summed E-state index contributed by atoms with van der Waals surface area (Å²) in [7, 11) is -0.903. The van der Waals surface area contributed by atoms with Crippen LogP contribution in [0.1, 0.15) is 33.1 Å². The Balaban J connectivity index is 1.48. The molecule has 30 heavy (non-hydrogen) atoms. The zero-order chi connectivity index (χ0) is 21.1. The third kappa shape index (κ3) is 4.56. The first kappa shape index (κ1) is 21.7. The molecule has 5 nitrogen and oxygen atoms in total. The fraction of sp³-hybridized carbons (Fsp3) is 0.455. The molecule has 0 saturated carbocycles. The van der Waals surface area contributed by atoms with Crippen LogP contribution in [0, 0.1) is 0 Å². The van der Waals surface area contributed by atoms with Crippen molar-refractivity contribution in [1.82, 2.24) is 14.3 Å². The van der Waals surface area contributed by atoms with E-state index in [1.54, 1.807) is 29.4 Å². The van der Waals surface area contributed by atoms with E-state index in [4.69, 9.17) is 4.74 Å². The maximum atomic E-state index is 12.5. The van der Waals surface area contributed by atoms with Crippen LogP contribution in [0.4, 0.5) is 0 Å². The minimum Gasteiger partial charge on any atom is -0.473 e. The van der Waals surface area contributed by atoms with Crippen molar-refractivity contribution in [3.8, 4) is 17.0 Å². The molecule has 0 spiro atoms. The Kier molecular flexibility index (Phi) is 7.08. The van der Waals surface area contributed by atoms with Crippen LogP contribution in [-0.2, 0) is 11.0 Å². The Morgan fingerprint density at radius 3 is 2.67 bits per heavy atom. The molecule has 1 aliphatic heterocycles. The standard InChI is InChI=1S/C22H27N3O2S3/c1-4-15(2)30(26)25-11-9-17(10-12-25)27-22-21-20(23-14-24-22)19(13-29-21)16-5-7-18(28-3)8-6-16/h5-8,13-15,17H,4,9-12H2,1-3H3. The number of fused-ring (bicyclic) bond motifs is 1. The van der Waals surface area contributed by atoms with E-state index in [0.29, 0.717) is 5.88 Å². The van der Waals surface area contributed by atoms with Gasteiger partial charge in [-0.25, -0.2) is 18.5 Å². The Labute approximate surface area is 188 Å². The molecule has 3 aromatic rings. The third-order valence-corrected chi connectivity index (χ3v) is 9.17. The second-order valence-corrected chi connectivity index (χ2v) is 11.1. The molecule has 2 aromatic heterocycles. The number of benzene rings is 1. The number of thiophene rings is 1. The Morgan fingerprint density at radius 1 is 1.27 bits per heavy atom. The molecule has 1 fully saturated rings. The second-order valence-electron chi connectivity index (χ2n) is 7.48. The highest BCUT2D eigenvalue weighted by molar-refractivity contribution is 7.98. The largest absolute Gasteiger partial charge is 0.473 e. The predicted molar refractivity (Wildman–Crippen MR) is 128 cm³/mol. The summed E-state index contributed by atoms with van der Waals surface area (Å²) < 4.78 is 21.9. The van der Waals surface area contributed by atoms with Crippen LogP contribution in [-0.4, -0.2) is 49.2 Å². The van der Waals surface area contributed by atoms with Crippen LogP contribution in [0.2, 0.25) is 0 Å². The van der Waals surface area contributed by atoms with Crippen molar-refractivity contribution in [2.75, 3.05) is 19.3 Å². The van der Waals surface area contributed by atoms with Gasteiger partial charge < -0.3 is 4.74 Å². The summed E-state index contributed by atoms with van der Waals surface area (Å²) in [6, 6.07) is 8.56. The minimum atomic E-state index is -0.903. The van der Waals surface area contributed by atoms with Crippen LogP contribution in [0.25, 0.3) is 21.3 Å². The van der Waals surface area contributed by atoms with Gasteiger partial charge in [0.1, 0.15) is 17.1 Å². The SMILES string of the molecule is CCC(C)S(=O)N1CCC(Oc2ncnc3c(-c4ccc(SC)cc4)csc23)CC1. The lowest BCUT2D eigenvalue weighted by Gasteiger charge is -2.32. The maximum absolute atomic E-state index is 12.5. The van der Waals surface area contributed by atoms with Gasteiger partial charge in [-0.05, 0) is 50.1 Å². The zero-order valence-electron chi connectivity index (χ0n) is 17.5. The lowest BCUT2D eigenvalue weighted by Crippen LogP contribution is -2.41. The summed E-state index contributed by atoms with van der Waals surface area (Å²) in [5.74, 6) is 0.665. The van der Waals surface area contributed by atoms with E-state index in [-0.39, 0.29) is 11.4 Å². The first-order valence-electron chi connectivity index (χ1n) is 10.3. The Bertz CT molecular complexity index is 1010. The summed E-state index contributed by atoms with van der Waals surface area (Å²) in [4.78, 5) is 10.2. The van der Waals surface area contributed by atoms with E-state index in [2.05, 4.69) is 64.0 Å². The first-order valence-corrected chi connectivity index (χ1v) is 13.6. The van der Waals surface area contributed by atoms with E-state index in [0.717, 1.165) is 53.7 Å². The molecule has 0 aliphatic carbocycles. The molecular weight excluding hydrogens is 434 g/mol. The number of nitrogens with zero attached hydrogens (tertiary/aromatic N) is 3. The molecule has 2 atom stereocenters. The van der Waals surface area contributed by atoms with Crippen LogP contribution >= 0.6 is 23.1 Å². The van der Waals surface area contributed by atoms with Crippen molar-refractivity contribution in [3.05, 3.63) is 36.0 Å². The van der Waals surface area contributed by atoms with E-state index in [1.165, 1.54) is 4.90 Å². The van der Waals surface area contributed by atoms with Crippen molar-refractivity contribution < 1.29 is 8.95 Å². The van der Waals surface area contributed by atoms with Gasteiger partial charge in [-0.2, -0.15) is 0 Å². The highest BCUT2D eigenvalue weighted by Gasteiger charge is 2.27. The molecule has 1 saturated heterocycles. The Hall–Kier alpha value is -1.48. The van der Waals surface area contributed by atoms with Crippen molar-refractivity contribution in [2.45, 2.75) is 49.4 Å². The predicted octanol–water partition coefficient (Wildman–Crippen LogP) is 5.39. The van der Waals surface area contributed by atoms with Gasteiger partial charge in [0.15, 0.2) is 0 Å². The van der Waals surface area contributed by atoms with E-state index in [9.17, 15) is 4.21 Å². The van der Waals surface area contributed by atoms with E-state index < -0.39 is 11.0 Å². The highest BCUT2D eigenvalue weighted by Crippen LogP contribution is 2.37. The molecule has 2 unspecified atom stereocenters. The molecule has 0 amide bonds. The summed E-state index contributed by atoms with van der Waals surface area (Å²) in [6.07, 6.45) is 6.43. The molecule has 1 aliphatic rings. The molecule has 160 valence electrons.